The molecule has 2 nitrogen and oxygen atoms in total. The molecule has 1 fully saturated rings. The van der Waals surface area contributed by atoms with E-state index in [1.165, 1.54) is 19.3 Å². The summed E-state index contributed by atoms with van der Waals surface area (Å²) in [7, 11) is 0. The number of hydrogen-bond acceptors (Lipinski definition) is 2. The Kier molecular flexibility index (Phi) is 3.74. The predicted molar refractivity (Wildman–Crippen MR) is 54.2 cm³/mol. The zero-order valence-electron chi connectivity index (χ0n) is 8.77. The van der Waals surface area contributed by atoms with E-state index in [0.29, 0.717) is 5.41 Å². The SMILES string of the molecule is CC(C)CCNCC1(CC#N)CC1. The molecule has 0 amide bonds. The molecule has 0 aromatic heterocycles. The van der Waals surface area contributed by atoms with Crippen molar-refractivity contribution in [1.82, 2.24) is 5.32 Å². The summed E-state index contributed by atoms with van der Waals surface area (Å²) in [6, 6.07) is 2.28. The van der Waals surface area contributed by atoms with Crippen molar-refractivity contribution in [2.24, 2.45) is 11.3 Å². The van der Waals surface area contributed by atoms with Gasteiger partial charge in [0.25, 0.3) is 0 Å². The average molecular weight is 180 g/mol. The molecule has 74 valence electrons. The lowest BCUT2D eigenvalue weighted by Gasteiger charge is -2.12. The Morgan fingerprint density at radius 2 is 2.15 bits per heavy atom. The Hall–Kier alpha value is -0.550. The van der Waals surface area contributed by atoms with Crippen molar-refractivity contribution in [3.05, 3.63) is 0 Å². The molecule has 1 aliphatic carbocycles. The quantitative estimate of drug-likeness (QED) is 0.637. The number of nitriles is 1. The number of nitrogens with zero attached hydrogens (tertiary/aromatic N) is 1. The Morgan fingerprint density at radius 3 is 2.62 bits per heavy atom. The third kappa shape index (κ3) is 3.78. The van der Waals surface area contributed by atoms with Gasteiger partial charge in [0, 0.05) is 13.0 Å². The van der Waals surface area contributed by atoms with E-state index < -0.39 is 0 Å². The summed E-state index contributed by atoms with van der Waals surface area (Å²) in [5.74, 6) is 0.776. The van der Waals surface area contributed by atoms with Crippen LogP contribution in [0.3, 0.4) is 0 Å². The maximum absolute atomic E-state index is 8.61. The molecule has 0 heterocycles. The smallest absolute Gasteiger partial charge is 0.0628 e. The van der Waals surface area contributed by atoms with E-state index in [9.17, 15) is 0 Å². The normalized spacial score (nSPS) is 18.6. The van der Waals surface area contributed by atoms with Gasteiger partial charge in [0.05, 0.1) is 6.07 Å². The minimum absolute atomic E-state index is 0.367. The van der Waals surface area contributed by atoms with Gasteiger partial charge in [-0.15, -0.1) is 0 Å². The Labute approximate surface area is 81.3 Å². The fraction of sp³-hybridized carbons (Fsp3) is 0.909. The molecule has 13 heavy (non-hydrogen) atoms. The van der Waals surface area contributed by atoms with Crippen molar-refractivity contribution < 1.29 is 0 Å². The monoisotopic (exact) mass is 180 g/mol. The predicted octanol–water partition coefficient (Wildman–Crippen LogP) is 2.32. The van der Waals surface area contributed by atoms with Gasteiger partial charge in [-0.2, -0.15) is 5.26 Å². The molecule has 1 rings (SSSR count). The first-order valence-electron chi connectivity index (χ1n) is 5.26. The van der Waals surface area contributed by atoms with Crippen LogP contribution in [0.4, 0.5) is 0 Å². The second-order valence-corrected chi connectivity index (χ2v) is 4.69. The molecule has 0 saturated heterocycles. The van der Waals surface area contributed by atoms with Gasteiger partial charge in [0.15, 0.2) is 0 Å². The van der Waals surface area contributed by atoms with Gasteiger partial charge >= 0.3 is 0 Å². The topological polar surface area (TPSA) is 35.8 Å². The number of nitrogens with one attached hydrogen (secondary N) is 1. The molecular formula is C11H20N2. The summed E-state index contributed by atoms with van der Waals surface area (Å²) >= 11 is 0. The van der Waals surface area contributed by atoms with Crippen LogP contribution >= 0.6 is 0 Å². The van der Waals surface area contributed by atoms with Gasteiger partial charge in [-0.1, -0.05) is 13.8 Å². The van der Waals surface area contributed by atoms with Gasteiger partial charge in [0.1, 0.15) is 0 Å². The van der Waals surface area contributed by atoms with Crippen LogP contribution in [-0.4, -0.2) is 13.1 Å². The largest absolute Gasteiger partial charge is 0.316 e. The molecule has 0 aliphatic heterocycles. The molecule has 1 N–H and O–H groups in total. The summed E-state index contributed by atoms with van der Waals surface area (Å²) in [6.45, 7) is 6.63. The van der Waals surface area contributed by atoms with E-state index in [0.717, 1.165) is 25.4 Å². The van der Waals surface area contributed by atoms with E-state index in [-0.39, 0.29) is 0 Å². The lowest BCUT2D eigenvalue weighted by atomic mass is 10.0. The first-order valence-corrected chi connectivity index (χ1v) is 5.26. The highest BCUT2D eigenvalue weighted by Crippen LogP contribution is 2.47. The fourth-order valence-electron chi connectivity index (χ4n) is 1.50. The number of rotatable bonds is 6. The van der Waals surface area contributed by atoms with E-state index >= 15 is 0 Å². The van der Waals surface area contributed by atoms with E-state index in [1.807, 2.05) is 0 Å². The number of hydrogen-bond donors (Lipinski definition) is 1. The van der Waals surface area contributed by atoms with Crippen molar-refractivity contribution in [3.63, 3.8) is 0 Å². The Morgan fingerprint density at radius 1 is 1.46 bits per heavy atom. The minimum Gasteiger partial charge on any atom is -0.316 e. The van der Waals surface area contributed by atoms with Crippen molar-refractivity contribution >= 4 is 0 Å². The lowest BCUT2D eigenvalue weighted by Crippen LogP contribution is -2.25. The highest BCUT2D eigenvalue weighted by atomic mass is 14.9. The van der Waals surface area contributed by atoms with Crippen molar-refractivity contribution in [1.29, 1.82) is 5.26 Å². The first kappa shape index (κ1) is 10.5. The maximum Gasteiger partial charge on any atom is 0.0628 e. The second kappa shape index (κ2) is 4.62. The van der Waals surface area contributed by atoms with Crippen LogP contribution < -0.4 is 5.32 Å². The van der Waals surface area contributed by atoms with Crippen LogP contribution in [0.2, 0.25) is 0 Å². The maximum atomic E-state index is 8.61. The molecule has 1 saturated carbocycles. The summed E-state index contributed by atoms with van der Waals surface area (Å²) in [5, 5.41) is 12.1. The van der Waals surface area contributed by atoms with Crippen LogP contribution in [-0.2, 0) is 0 Å². The first-order chi connectivity index (χ1) is 6.18. The summed E-state index contributed by atoms with van der Waals surface area (Å²) in [6.07, 6.45) is 4.47. The minimum atomic E-state index is 0.367. The van der Waals surface area contributed by atoms with Gasteiger partial charge in [-0.05, 0) is 37.1 Å². The average Bonchev–Trinajstić information content (AvgIpc) is 2.80. The third-order valence-corrected chi connectivity index (χ3v) is 2.81. The van der Waals surface area contributed by atoms with Crippen molar-refractivity contribution in [2.75, 3.05) is 13.1 Å². The van der Waals surface area contributed by atoms with E-state index in [2.05, 4.69) is 25.2 Å². The van der Waals surface area contributed by atoms with Gasteiger partial charge in [0.2, 0.25) is 0 Å². The highest BCUT2D eigenvalue weighted by molar-refractivity contribution is 5.00. The van der Waals surface area contributed by atoms with Crippen LogP contribution in [0.15, 0.2) is 0 Å². The molecule has 1 aliphatic rings. The summed E-state index contributed by atoms with van der Waals surface area (Å²) in [5.41, 5.74) is 0.367. The van der Waals surface area contributed by atoms with Gasteiger partial charge in [-0.3, -0.25) is 0 Å². The van der Waals surface area contributed by atoms with Crippen LogP contribution in [0.25, 0.3) is 0 Å². The zero-order valence-corrected chi connectivity index (χ0v) is 8.77. The highest BCUT2D eigenvalue weighted by Gasteiger charge is 2.41. The third-order valence-electron chi connectivity index (χ3n) is 2.81. The summed E-state index contributed by atoms with van der Waals surface area (Å²) in [4.78, 5) is 0. The standard InChI is InChI=1S/C11H20N2/c1-10(2)3-8-13-9-11(4-5-11)6-7-12/h10,13H,3-6,8-9H2,1-2H3. The Bertz CT molecular complexity index is 187. The lowest BCUT2D eigenvalue weighted by molar-refractivity contribution is 0.445. The molecule has 0 unspecified atom stereocenters. The molecule has 0 radical (unpaired) electrons. The van der Waals surface area contributed by atoms with E-state index in [4.69, 9.17) is 5.26 Å². The van der Waals surface area contributed by atoms with E-state index in [1.54, 1.807) is 0 Å². The molecule has 0 spiro atoms. The zero-order chi connectivity index (χ0) is 9.73. The molecule has 0 bridgehead atoms. The molecule has 2 heteroatoms. The molecule has 0 aromatic carbocycles. The van der Waals surface area contributed by atoms with Crippen LogP contribution in [0.5, 0.6) is 0 Å². The second-order valence-electron chi connectivity index (χ2n) is 4.69. The van der Waals surface area contributed by atoms with Crippen molar-refractivity contribution in [3.8, 4) is 6.07 Å². The van der Waals surface area contributed by atoms with Crippen molar-refractivity contribution in [2.45, 2.75) is 39.5 Å². The molecular weight excluding hydrogens is 160 g/mol. The molecule has 0 aromatic rings. The van der Waals surface area contributed by atoms with Crippen LogP contribution in [0, 0.1) is 22.7 Å². The molecule has 0 atom stereocenters. The summed E-state index contributed by atoms with van der Waals surface area (Å²) < 4.78 is 0. The van der Waals surface area contributed by atoms with Gasteiger partial charge in [-0.25, -0.2) is 0 Å². The fourth-order valence-corrected chi connectivity index (χ4v) is 1.50. The Balaban J connectivity index is 2.03. The van der Waals surface area contributed by atoms with Crippen LogP contribution in [0.1, 0.15) is 39.5 Å². The van der Waals surface area contributed by atoms with Gasteiger partial charge < -0.3 is 5.32 Å².